The average Bonchev–Trinajstić information content (AvgIpc) is 2.59. The van der Waals surface area contributed by atoms with Gasteiger partial charge in [0, 0.05) is 13.1 Å². The van der Waals surface area contributed by atoms with Crippen LogP contribution in [0.3, 0.4) is 0 Å². The van der Waals surface area contributed by atoms with Gasteiger partial charge in [-0.15, -0.1) is 0 Å². The number of rotatable bonds is 2. The first-order valence-corrected chi connectivity index (χ1v) is 10.2. The zero-order valence-corrected chi connectivity index (χ0v) is 18.3. The molecule has 0 aromatic rings. The summed E-state index contributed by atoms with van der Waals surface area (Å²) in [7, 11) is 0. The number of nitrogens with zero attached hydrogens (tertiary/aromatic N) is 4. The fraction of sp³-hybridized carbons (Fsp3) is 0.632. The number of carbonyl (C=O) groups is 2. The molecule has 9 heteroatoms. The summed E-state index contributed by atoms with van der Waals surface area (Å²) in [5.41, 5.74) is -0.172. The van der Waals surface area contributed by atoms with Gasteiger partial charge in [-0.3, -0.25) is 9.69 Å². The highest BCUT2D eigenvalue weighted by Gasteiger charge is 2.40. The molecular weight excluding hydrogens is 428 g/mol. The van der Waals surface area contributed by atoms with E-state index in [0.717, 1.165) is 10.2 Å². The van der Waals surface area contributed by atoms with E-state index in [-0.39, 0.29) is 18.5 Å². The molecular formula is C19H27BrN4O4. The summed E-state index contributed by atoms with van der Waals surface area (Å²) in [6.07, 6.45) is 4.46. The van der Waals surface area contributed by atoms with E-state index in [4.69, 9.17) is 4.74 Å². The van der Waals surface area contributed by atoms with Crippen LogP contribution in [0, 0.1) is 0 Å². The molecule has 28 heavy (non-hydrogen) atoms. The third-order valence-corrected chi connectivity index (χ3v) is 5.64. The van der Waals surface area contributed by atoms with Gasteiger partial charge in [-0.1, -0.05) is 0 Å². The molecule has 1 fully saturated rings. The second-order valence-corrected chi connectivity index (χ2v) is 9.34. The number of hydrazone groups is 1. The molecule has 0 bridgehead atoms. The van der Waals surface area contributed by atoms with Gasteiger partial charge in [0.15, 0.2) is 0 Å². The predicted octanol–water partition coefficient (Wildman–Crippen LogP) is 2.75. The molecule has 0 aromatic heterocycles. The van der Waals surface area contributed by atoms with Crippen LogP contribution >= 0.6 is 15.9 Å². The molecule has 0 unspecified atom stereocenters. The zero-order valence-electron chi connectivity index (χ0n) is 16.7. The summed E-state index contributed by atoms with van der Waals surface area (Å²) < 4.78 is 6.13. The quantitative estimate of drug-likeness (QED) is 0.648. The van der Waals surface area contributed by atoms with E-state index in [1.165, 1.54) is 11.2 Å². The van der Waals surface area contributed by atoms with E-state index in [9.17, 15) is 14.7 Å². The van der Waals surface area contributed by atoms with Crippen LogP contribution in [0.5, 0.6) is 0 Å². The fourth-order valence-corrected chi connectivity index (χ4v) is 3.85. The Bertz CT molecular complexity index is 760. The van der Waals surface area contributed by atoms with Crippen LogP contribution in [0.15, 0.2) is 27.1 Å². The summed E-state index contributed by atoms with van der Waals surface area (Å²) in [6.45, 7) is 8.29. The lowest BCUT2D eigenvalue weighted by Crippen LogP contribution is -2.55. The minimum atomic E-state index is -1.07. The number of carbonyl (C=O) groups excluding carboxylic acids is 2. The van der Waals surface area contributed by atoms with Crippen molar-refractivity contribution < 1.29 is 19.4 Å². The van der Waals surface area contributed by atoms with E-state index in [2.05, 4.69) is 21.0 Å². The van der Waals surface area contributed by atoms with Crippen molar-refractivity contribution in [3.8, 4) is 0 Å². The van der Waals surface area contributed by atoms with E-state index in [1.54, 1.807) is 9.91 Å². The van der Waals surface area contributed by atoms with E-state index >= 15 is 0 Å². The maximum absolute atomic E-state index is 13.0. The largest absolute Gasteiger partial charge is 0.444 e. The van der Waals surface area contributed by atoms with E-state index < -0.39 is 11.2 Å². The van der Waals surface area contributed by atoms with Gasteiger partial charge in [0.25, 0.3) is 5.91 Å². The van der Waals surface area contributed by atoms with Crippen LogP contribution in [0.2, 0.25) is 0 Å². The minimum absolute atomic E-state index is 0.142. The number of hydrogen-bond acceptors (Lipinski definition) is 6. The summed E-state index contributed by atoms with van der Waals surface area (Å²) >= 11 is 3.42. The van der Waals surface area contributed by atoms with Gasteiger partial charge in [-0.2, -0.15) is 5.10 Å². The lowest BCUT2D eigenvalue weighted by Gasteiger charge is -2.41. The Labute approximate surface area is 173 Å². The Hall–Kier alpha value is -1.87. The SMILES string of the molecule is CC1=C2C(=O)N(CC3(O)CCN(C(=O)OC(C)(C)C)CC3)C=NN2C(Br)=CC1. The number of piperidine rings is 1. The van der Waals surface area contributed by atoms with Gasteiger partial charge < -0.3 is 14.7 Å². The van der Waals surface area contributed by atoms with Gasteiger partial charge in [0.2, 0.25) is 0 Å². The molecule has 0 radical (unpaired) electrons. The smallest absolute Gasteiger partial charge is 0.410 e. The molecule has 0 spiro atoms. The number of hydrogen-bond donors (Lipinski definition) is 1. The second-order valence-electron chi connectivity index (χ2n) is 8.53. The number of amides is 2. The van der Waals surface area contributed by atoms with Crippen molar-refractivity contribution in [3.05, 3.63) is 22.0 Å². The summed E-state index contributed by atoms with van der Waals surface area (Å²) in [6, 6.07) is 0. The van der Waals surface area contributed by atoms with Crippen molar-refractivity contribution in [2.45, 2.75) is 58.2 Å². The summed E-state index contributed by atoms with van der Waals surface area (Å²) in [5, 5.41) is 16.9. The van der Waals surface area contributed by atoms with Gasteiger partial charge in [0.1, 0.15) is 22.2 Å². The molecule has 1 N–H and O–H groups in total. The monoisotopic (exact) mass is 454 g/mol. The van der Waals surface area contributed by atoms with Crippen LogP contribution in [0.25, 0.3) is 0 Å². The maximum atomic E-state index is 13.0. The van der Waals surface area contributed by atoms with E-state index in [1.807, 2.05) is 33.8 Å². The summed E-state index contributed by atoms with van der Waals surface area (Å²) in [4.78, 5) is 28.2. The van der Waals surface area contributed by atoms with Crippen LogP contribution in [-0.2, 0) is 9.53 Å². The molecule has 1 saturated heterocycles. The number of likely N-dealkylation sites (tertiary alicyclic amines) is 1. The highest BCUT2D eigenvalue weighted by Crippen LogP contribution is 2.33. The van der Waals surface area contributed by atoms with Crippen molar-refractivity contribution >= 4 is 34.3 Å². The van der Waals surface area contributed by atoms with Crippen LogP contribution < -0.4 is 0 Å². The molecule has 0 saturated carbocycles. The molecule has 3 aliphatic rings. The predicted molar refractivity (Wildman–Crippen MR) is 108 cm³/mol. The first kappa shape index (κ1) is 20.9. The lowest BCUT2D eigenvalue weighted by atomic mass is 9.90. The molecule has 3 heterocycles. The van der Waals surface area contributed by atoms with E-state index in [0.29, 0.717) is 38.0 Å². The molecule has 0 atom stereocenters. The van der Waals surface area contributed by atoms with Crippen molar-refractivity contribution in [2.24, 2.45) is 5.10 Å². The van der Waals surface area contributed by atoms with Crippen LogP contribution in [-0.4, -0.2) is 69.1 Å². The number of ether oxygens (including phenoxy) is 1. The molecule has 3 aliphatic heterocycles. The van der Waals surface area contributed by atoms with Crippen molar-refractivity contribution in [3.63, 3.8) is 0 Å². The number of halogens is 1. The number of aliphatic hydroxyl groups is 1. The second kappa shape index (κ2) is 7.51. The van der Waals surface area contributed by atoms with Gasteiger partial charge >= 0.3 is 6.09 Å². The Morgan fingerprint density at radius 2 is 2.00 bits per heavy atom. The van der Waals surface area contributed by atoms with Crippen molar-refractivity contribution in [1.82, 2.24) is 14.8 Å². The number of β-amino-alcohol motifs (C(OH)–C–C–N with tert-alkyl or cyclic N) is 1. The number of allylic oxidation sites excluding steroid dienone is 2. The molecule has 8 nitrogen and oxygen atoms in total. The zero-order chi connectivity index (χ0) is 20.7. The third-order valence-electron chi connectivity index (χ3n) is 4.98. The standard InChI is InChI=1S/C19H27BrN4O4/c1-13-5-6-14(20)24-15(13)16(25)23(12-21-24)11-19(27)7-9-22(10-8-19)17(26)28-18(2,3)4/h6,12,27H,5,7-11H2,1-4H3. The highest BCUT2D eigenvalue weighted by molar-refractivity contribution is 9.11. The Morgan fingerprint density at radius 1 is 1.36 bits per heavy atom. The van der Waals surface area contributed by atoms with Crippen molar-refractivity contribution in [1.29, 1.82) is 0 Å². The first-order chi connectivity index (χ1) is 13.0. The van der Waals surface area contributed by atoms with Gasteiger partial charge in [-0.05, 0) is 74.5 Å². The topological polar surface area (TPSA) is 85.7 Å². The molecule has 3 rings (SSSR count). The molecule has 0 aliphatic carbocycles. The molecule has 0 aromatic carbocycles. The van der Waals surface area contributed by atoms with Gasteiger partial charge in [0.05, 0.1) is 12.1 Å². The summed E-state index contributed by atoms with van der Waals surface area (Å²) in [5.74, 6) is -0.180. The number of fused-ring (bicyclic) bond motifs is 1. The maximum Gasteiger partial charge on any atom is 0.410 e. The first-order valence-electron chi connectivity index (χ1n) is 9.40. The Morgan fingerprint density at radius 3 is 2.61 bits per heavy atom. The molecule has 154 valence electrons. The van der Waals surface area contributed by atoms with Crippen LogP contribution in [0.1, 0.15) is 47.0 Å². The highest BCUT2D eigenvalue weighted by atomic mass is 79.9. The van der Waals surface area contributed by atoms with Crippen LogP contribution in [0.4, 0.5) is 4.79 Å². The minimum Gasteiger partial charge on any atom is -0.444 e. The van der Waals surface area contributed by atoms with Crippen molar-refractivity contribution in [2.75, 3.05) is 19.6 Å². The Kier molecular flexibility index (Phi) is 5.60. The fourth-order valence-electron chi connectivity index (χ4n) is 3.42. The normalized spacial score (nSPS) is 22.3. The third kappa shape index (κ3) is 4.41. The lowest BCUT2D eigenvalue weighted by molar-refractivity contribution is -0.129. The van der Waals surface area contributed by atoms with Gasteiger partial charge in [-0.25, -0.2) is 9.80 Å². The average molecular weight is 455 g/mol. The molecule has 2 amide bonds. The Balaban J connectivity index is 1.64.